The van der Waals surface area contributed by atoms with Crippen molar-refractivity contribution in [2.75, 3.05) is 38.2 Å². The highest BCUT2D eigenvalue weighted by molar-refractivity contribution is 7.80. The Hall–Kier alpha value is -2.56. The van der Waals surface area contributed by atoms with Gasteiger partial charge in [-0.1, -0.05) is 6.08 Å². The largest absolute Gasteiger partial charge is 0.376 e. The van der Waals surface area contributed by atoms with Crippen LogP contribution in [0.1, 0.15) is 32.8 Å². The van der Waals surface area contributed by atoms with Gasteiger partial charge in [0.05, 0.1) is 6.61 Å². The van der Waals surface area contributed by atoms with Gasteiger partial charge in [-0.25, -0.2) is 8.78 Å². The van der Waals surface area contributed by atoms with E-state index in [1.807, 2.05) is 6.92 Å². The summed E-state index contributed by atoms with van der Waals surface area (Å²) in [5.41, 5.74) is 7.16. The summed E-state index contributed by atoms with van der Waals surface area (Å²) in [6.45, 7) is 6.60. The third kappa shape index (κ3) is 6.27. The molecule has 180 valence electrons. The van der Waals surface area contributed by atoms with Gasteiger partial charge in [0.1, 0.15) is 11.6 Å². The first-order valence-electron chi connectivity index (χ1n) is 10.7. The maximum atomic E-state index is 14.9. The summed E-state index contributed by atoms with van der Waals surface area (Å²) < 4.78 is 41.0. The molecule has 3 rings (SSSR count). The van der Waals surface area contributed by atoms with Gasteiger partial charge in [-0.15, -0.1) is 0 Å². The van der Waals surface area contributed by atoms with Crippen LogP contribution in [0.4, 0.5) is 14.5 Å². The van der Waals surface area contributed by atoms with Crippen LogP contribution in [-0.4, -0.2) is 61.1 Å². The molecule has 0 radical (unpaired) electrons. The number of amides is 1. The summed E-state index contributed by atoms with van der Waals surface area (Å²) in [5, 5.41) is 3.01. The number of benzene rings is 1. The highest BCUT2D eigenvalue weighted by Gasteiger charge is 2.39. The second kappa shape index (κ2) is 10.1. The second-order valence-electron chi connectivity index (χ2n) is 8.67. The number of ether oxygens (including phenoxy) is 2. The van der Waals surface area contributed by atoms with Crippen molar-refractivity contribution in [3.63, 3.8) is 0 Å². The van der Waals surface area contributed by atoms with Gasteiger partial charge in [0.15, 0.2) is 17.0 Å². The van der Waals surface area contributed by atoms with Gasteiger partial charge < -0.3 is 30.3 Å². The lowest BCUT2D eigenvalue weighted by atomic mass is 9.97. The van der Waals surface area contributed by atoms with E-state index in [0.29, 0.717) is 30.8 Å². The number of nitrogens with two attached hydrogens (primary N) is 1. The fraction of sp³-hybridized carbons (Fsp3) is 0.478. The molecule has 1 fully saturated rings. The average molecular weight is 481 g/mol. The number of hydrogen-bond acceptors (Lipinski definition) is 5. The van der Waals surface area contributed by atoms with Crippen LogP contribution in [0.25, 0.3) is 5.57 Å². The topological polar surface area (TPSA) is 80.1 Å². The molecule has 1 aromatic rings. The van der Waals surface area contributed by atoms with Crippen molar-refractivity contribution >= 4 is 34.5 Å². The third-order valence-corrected chi connectivity index (χ3v) is 5.66. The summed E-state index contributed by atoms with van der Waals surface area (Å²) in [4.78, 5) is 15.9. The van der Waals surface area contributed by atoms with Crippen molar-refractivity contribution in [2.45, 2.75) is 39.1 Å². The number of hydrogen-bond donors (Lipinski definition) is 2. The number of anilines is 1. The molecule has 1 unspecified atom stereocenters. The zero-order valence-electron chi connectivity index (χ0n) is 19.3. The summed E-state index contributed by atoms with van der Waals surface area (Å²) in [6.07, 6.45) is 3.12. The van der Waals surface area contributed by atoms with E-state index in [1.165, 1.54) is 12.1 Å². The van der Waals surface area contributed by atoms with Crippen LogP contribution < -0.4 is 16.0 Å². The van der Waals surface area contributed by atoms with Crippen LogP contribution in [0.5, 0.6) is 0 Å². The Morgan fingerprint density at radius 3 is 2.58 bits per heavy atom. The number of rotatable bonds is 6. The number of nitrogens with zero attached hydrogens (tertiary/aromatic N) is 2. The zero-order valence-corrected chi connectivity index (χ0v) is 20.1. The Morgan fingerprint density at radius 1 is 1.39 bits per heavy atom. The highest BCUT2D eigenvalue weighted by atomic mass is 32.1. The van der Waals surface area contributed by atoms with Gasteiger partial charge in [-0.2, -0.15) is 0 Å². The van der Waals surface area contributed by atoms with E-state index >= 15 is 0 Å². The van der Waals surface area contributed by atoms with Crippen molar-refractivity contribution in [1.29, 1.82) is 0 Å². The first kappa shape index (κ1) is 25.1. The molecule has 0 saturated carbocycles. The standard InChI is InChI=1S/C23H30F2N4O3S/c1-14(11-27-22(26)33)12-28(4)16-9-17(24)20(18(25)10-16)15-5-7-29(8-6-15)21(30)19-13-31-23(2,3)32-19/h5,9-10,12,19H,6-8,11,13H2,1-4H3,(H3,26,27,33)/b14-12+. The molecule has 10 heteroatoms. The lowest BCUT2D eigenvalue weighted by Gasteiger charge is -2.29. The quantitative estimate of drug-likeness (QED) is 0.606. The highest BCUT2D eigenvalue weighted by Crippen LogP contribution is 2.31. The lowest BCUT2D eigenvalue weighted by Crippen LogP contribution is -2.43. The van der Waals surface area contributed by atoms with E-state index < -0.39 is 23.5 Å². The van der Waals surface area contributed by atoms with Crippen molar-refractivity contribution in [3.8, 4) is 0 Å². The number of nitrogens with one attached hydrogen (secondary N) is 1. The predicted octanol–water partition coefficient (Wildman–Crippen LogP) is 2.91. The maximum Gasteiger partial charge on any atom is 0.254 e. The van der Waals surface area contributed by atoms with Gasteiger partial charge in [-0.3, -0.25) is 4.79 Å². The summed E-state index contributed by atoms with van der Waals surface area (Å²) in [5.74, 6) is -2.27. The van der Waals surface area contributed by atoms with Gasteiger partial charge in [0.2, 0.25) is 0 Å². The van der Waals surface area contributed by atoms with Crippen molar-refractivity contribution in [2.24, 2.45) is 5.73 Å². The van der Waals surface area contributed by atoms with Crippen LogP contribution in [0, 0.1) is 11.6 Å². The monoisotopic (exact) mass is 480 g/mol. The number of halogens is 2. The summed E-state index contributed by atoms with van der Waals surface area (Å²) in [6, 6.07) is 2.60. The van der Waals surface area contributed by atoms with E-state index in [-0.39, 0.29) is 29.7 Å². The van der Waals surface area contributed by atoms with Gasteiger partial charge >= 0.3 is 0 Å². The van der Waals surface area contributed by atoms with Gasteiger partial charge in [0, 0.05) is 44.1 Å². The Morgan fingerprint density at radius 2 is 2.06 bits per heavy atom. The molecule has 7 nitrogen and oxygen atoms in total. The molecule has 0 aromatic heterocycles. The Balaban J connectivity index is 1.70. The molecular weight excluding hydrogens is 450 g/mol. The van der Waals surface area contributed by atoms with Crippen LogP contribution in [0.2, 0.25) is 0 Å². The first-order chi connectivity index (χ1) is 15.5. The maximum absolute atomic E-state index is 14.9. The van der Waals surface area contributed by atoms with Crippen LogP contribution in [0.15, 0.2) is 30.0 Å². The van der Waals surface area contributed by atoms with Gasteiger partial charge in [0.25, 0.3) is 5.91 Å². The van der Waals surface area contributed by atoms with Crippen LogP contribution >= 0.6 is 12.2 Å². The number of carbonyl (C=O) groups is 1. The second-order valence-corrected chi connectivity index (χ2v) is 9.11. The molecule has 0 aliphatic carbocycles. The normalized spacial score (nSPS) is 20.4. The molecule has 2 aliphatic rings. The molecule has 3 N–H and O–H groups in total. The fourth-order valence-corrected chi connectivity index (χ4v) is 3.93. The molecule has 33 heavy (non-hydrogen) atoms. The minimum absolute atomic E-state index is 0.0586. The van der Waals surface area contributed by atoms with Gasteiger partial charge in [-0.05, 0) is 62.7 Å². The molecule has 0 spiro atoms. The predicted molar refractivity (Wildman–Crippen MR) is 127 cm³/mol. The van der Waals surface area contributed by atoms with Crippen LogP contribution in [-0.2, 0) is 14.3 Å². The molecule has 2 heterocycles. The van der Waals surface area contributed by atoms with E-state index in [2.05, 4.69) is 5.32 Å². The van der Waals surface area contributed by atoms with Crippen LogP contribution in [0.3, 0.4) is 0 Å². The van der Waals surface area contributed by atoms with E-state index in [9.17, 15) is 13.6 Å². The Labute approximate surface area is 198 Å². The fourth-order valence-electron chi connectivity index (χ4n) is 3.86. The SMILES string of the molecule is C/C(=C\N(C)c1cc(F)c(C2=CCN(C(=O)C3COC(C)(C)O3)CC2)c(F)c1)CNC(N)=S. The molecule has 1 atom stereocenters. The minimum Gasteiger partial charge on any atom is -0.376 e. The average Bonchev–Trinajstić information content (AvgIpc) is 3.11. The number of thiocarbonyl (C=S) groups is 1. The molecular formula is C23H30F2N4O3S. The van der Waals surface area contributed by atoms with E-state index in [0.717, 1.165) is 5.57 Å². The Bertz CT molecular complexity index is 973. The molecule has 1 saturated heterocycles. The number of carbonyl (C=O) groups excluding carboxylic acids is 1. The lowest BCUT2D eigenvalue weighted by molar-refractivity contribution is -0.159. The first-order valence-corrected chi connectivity index (χ1v) is 11.1. The van der Waals surface area contributed by atoms with Crippen molar-refractivity contribution < 1.29 is 23.0 Å². The van der Waals surface area contributed by atoms with Crippen molar-refractivity contribution in [3.05, 3.63) is 47.2 Å². The zero-order chi connectivity index (χ0) is 24.3. The molecule has 1 amide bonds. The summed E-state index contributed by atoms with van der Waals surface area (Å²) >= 11 is 4.78. The Kier molecular flexibility index (Phi) is 7.71. The van der Waals surface area contributed by atoms with E-state index in [1.54, 1.807) is 43.0 Å². The smallest absolute Gasteiger partial charge is 0.254 e. The molecule has 2 aliphatic heterocycles. The summed E-state index contributed by atoms with van der Waals surface area (Å²) in [7, 11) is 1.71. The molecule has 1 aromatic carbocycles. The van der Waals surface area contributed by atoms with Crippen molar-refractivity contribution in [1.82, 2.24) is 10.2 Å². The third-order valence-electron chi connectivity index (χ3n) is 5.52. The van der Waals surface area contributed by atoms with E-state index in [4.69, 9.17) is 27.4 Å². The molecule has 0 bridgehead atoms. The minimum atomic E-state index is -0.792.